The van der Waals surface area contributed by atoms with E-state index in [-0.39, 0.29) is 0 Å². The molecule has 0 amide bonds. The van der Waals surface area contributed by atoms with Gasteiger partial charge in [0.25, 0.3) is 0 Å². The lowest BCUT2D eigenvalue weighted by Crippen LogP contribution is -1.97. The Morgan fingerprint density at radius 1 is 1.11 bits per heavy atom. The molecule has 0 aliphatic carbocycles. The number of aromatic nitrogens is 2. The van der Waals surface area contributed by atoms with Crippen molar-refractivity contribution in [1.29, 1.82) is 0 Å². The van der Waals surface area contributed by atoms with Crippen LogP contribution in [0.5, 0.6) is 11.5 Å². The van der Waals surface area contributed by atoms with Crippen molar-refractivity contribution in [2.45, 2.75) is 6.42 Å². The summed E-state index contributed by atoms with van der Waals surface area (Å²) in [5, 5.41) is 3.00. The fourth-order valence-electron chi connectivity index (χ4n) is 1.94. The summed E-state index contributed by atoms with van der Waals surface area (Å²) >= 11 is 0. The van der Waals surface area contributed by atoms with Crippen LogP contribution in [0.15, 0.2) is 30.5 Å². The molecule has 1 aliphatic rings. The molecule has 0 saturated heterocycles. The SMILES string of the molecule is CNc1ccnc(-c2ccc3c(c2)OCCCO3)n1. The minimum atomic E-state index is 0.669. The van der Waals surface area contributed by atoms with Crippen molar-refractivity contribution in [3.63, 3.8) is 0 Å². The number of nitrogens with zero attached hydrogens (tertiary/aromatic N) is 2. The smallest absolute Gasteiger partial charge is 0.161 e. The van der Waals surface area contributed by atoms with E-state index >= 15 is 0 Å². The summed E-state index contributed by atoms with van der Waals surface area (Å²) in [6, 6.07) is 7.61. The first-order valence-corrected chi connectivity index (χ1v) is 6.27. The summed E-state index contributed by atoms with van der Waals surface area (Å²) in [6.45, 7) is 1.37. The fourth-order valence-corrected chi connectivity index (χ4v) is 1.94. The van der Waals surface area contributed by atoms with E-state index in [4.69, 9.17) is 9.47 Å². The number of ether oxygens (including phenoxy) is 2. The van der Waals surface area contributed by atoms with Crippen molar-refractivity contribution < 1.29 is 9.47 Å². The lowest BCUT2D eigenvalue weighted by Gasteiger charge is -2.09. The van der Waals surface area contributed by atoms with Crippen LogP contribution >= 0.6 is 0 Å². The Bertz CT molecular complexity index is 587. The molecule has 0 bridgehead atoms. The van der Waals surface area contributed by atoms with Crippen LogP contribution in [-0.4, -0.2) is 30.2 Å². The highest BCUT2D eigenvalue weighted by molar-refractivity contribution is 5.62. The topological polar surface area (TPSA) is 56.3 Å². The summed E-state index contributed by atoms with van der Waals surface area (Å²) < 4.78 is 11.3. The molecule has 3 rings (SSSR count). The van der Waals surface area contributed by atoms with Gasteiger partial charge in [-0.25, -0.2) is 9.97 Å². The second-order valence-corrected chi connectivity index (χ2v) is 4.23. The van der Waals surface area contributed by atoms with Gasteiger partial charge >= 0.3 is 0 Å². The molecule has 1 aliphatic heterocycles. The van der Waals surface area contributed by atoms with Crippen molar-refractivity contribution in [2.24, 2.45) is 0 Å². The van der Waals surface area contributed by atoms with Gasteiger partial charge in [-0.3, -0.25) is 0 Å². The van der Waals surface area contributed by atoms with Crippen LogP contribution in [0.3, 0.4) is 0 Å². The quantitative estimate of drug-likeness (QED) is 0.895. The van der Waals surface area contributed by atoms with Gasteiger partial charge in [-0.15, -0.1) is 0 Å². The molecule has 0 fully saturated rings. The molecule has 19 heavy (non-hydrogen) atoms. The van der Waals surface area contributed by atoms with Gasteiger partial charge in [0, 0.05) is 25.2 Å². The Balaban J connectivity index is 1.98. The lowest BCUT2D eigenvalue weighted by atomic mass is 10.2. The maximum atomic E-state index is 5.67. The molecule has 0 radical (unpaired) electrons. The van der Waals surface area contributed by atoms with E-state index in [1.165, 1.54) is 0 Å². The first kappa shape index (κ1) is 11.8. The molecule has 0 unspecified atom stereocenters. The minimum absolute atomic E-state index is 0.669. The summed E-state index contributed by atoms with van der Waals surface area (Å²) in [5.41, 5.74) is 0.918. The van der Waals surface area contributed by atoms with Gasteiger partial charge in [0.1, 0.15) is 5.82 Å². The Kier molecular flexibility index (Phi) is 3.18. The Hall–Kier alpha value is -2.30. The van der Waals surface area contributed by atoms with E-state index in [1.54, 1.807) is 6.20 Å². The van der Waals surface area contributed by atoms with Crippen molar-refractivity contribution in [1.82, 2.24) is 9.97 Å². The molecule has 98 valence electrons. The standard InChI is InChI=1S/C14H15N3O2/c1-15-13-5-6-16-14(17-13)10-3-4-11-12(9-10)19-8-2-7-18-11/h3-6,9H,2,7-8H2,1H3,(H,15,16,17). The van der Waals surface area contributed by atoms with E-state index < -0.39 is 0 Å². The maximum Gasteiger partial charge on any atom is 0.161 e. The summed E-state index contributed by atoms with van der Waals surface area (Å²) in [6.07, 6.45) is 2.63. The van der Waals surface area contributed by atoms with Crippen molar-refractivity contribution in [2.75, 3.05) is 25.6 Å². The molecular weight excluding hydrogens is 242 g/mol. The molecule has 2 aromatic rings. The van der Waals surface area contributed by atoms with Gasteiger partial charge in [-0.1, -0.05) is 0 Å². The summed E-state index contributed by atoms with van der Waals surface area (Å²) in [7, 11) is 1.83. The van der Waals surface area contributed by atoms with Gasteiger partial charge in [0.15, 0.2) is 17.3 Å². The minimum Gasteiger partial charge on any atom is -0.490 e. The van der Waals surface area contributed by atoms with Gasteiger partial charge in [-0.05, 0) is 24.3 Å². The predicted octanol–water partition coefficient (Wildman–Crippen LogP) is 2.35. The average molecular weight is 257 g/mol. The summed E-state index contributed by atoms with van der Waals surface area (Å²) in [5.74, 6) is 3.00. The highest BCUT2D eigenvalue weighted by Gasteiger charge is 2.12. The second-order valence-electron chi connectivity index (χ2n) is 4.23. The molecule has 0 saturated carbocycles. The van der Waals surface area contributed by atoms with Crippen LogP contribution in [-0.2, 0) is 0 Å². The van der Waals surface area contributed by atoms with Gasteiger partial charge in [0.2, 0.25) is 0 Å². The molecule has 2 heterocycles. The first-order chi connectivity index (χ1) is 9.36. The third kappa shape index (κ3) is 2.45. The fraction of sp³-hybridized carbons (Fsp3) is 0.286. The molecule has 1 N–H and O–H groups in total. The molecule has 1 aromatic heterocycles. The van der Waals surface area contributed by atoms with E-state index in [9.17, 15) is 0 Å². The second kappa shape index (κ2) is 5.14. The Morgan fingerprint density at radius 2 is 1.95 bits per heavy atom. The number of hydrogen-bond acceptors (Lipinski definition) is 5. The number of benzene rings is 1. The van der Waals surface area contributed by atoms with Gasteiger partial charge in [-0.2, -0.15) is 0 Å². The molecule has 0 atom stereocenters. The van der Waals surface area contributed by atoms with Gasteiger partial charge in [0.05, 0.1) is 13.2 Å². The summed E-state index contributed by atoms with van der Waals surface area (Å²) in [4.78, 5) is 8.70. The zero-order valence-electron chi connectivity index (χ0n) is 10.7. The number of rotatable bonds is 2. The van der Waals surface area contributed by atoms with Gasteiger partial charge < -0.3 is 14.8 Å². The maximum absolute atomic E-state index is 5.67. The largest absolute Gasteiger partial charge is 0.490 e. The number of hydrogen-bond donors (Lipinski definition) is 1. The third-order valence-corrected chi connectivity index (χ3v) is 2.92. The highest BCUT2D eigenvalue weighted by atomic mass is 16.5. The first-order valence-electron chi connectivity index (χ1n) is 6.27. The average Bonchev–Trinajstić information content (AvgIpc) is 2.71. The molecule has 5 heteroatoms. The van der Waals surface area contributed by atoms with E-state index in [1.807, 2.05) is 31.3 Å². The van der Waals surface area contributed by atoms with Crippen LogP contribution in [0.25, 0.3) is 11.4 Å². The van der Waals surface area contributed by atoms with Crippen LogP contribution in [0.2, 0.25) is 0 Å². The monoisotopic (exact) mass is 257 g/mol. The van der Waals surface area contributed by atoms with E-state index in [0.717, 1.165) is 29.3 Å². The van der Waals surface area contributed by atoms with Crippen LogP contribution in [0, 0.1) is 0 Å². The van der Waals surface area contributed by atoms with Crippen molar-refractivity contribution in [3.8, 4) is 22.9 Å². The normalized spacial score (nSPS) is 13.7. The Morgan fingerprint density at radius 3 is 2.79 bits per heavy atom. The number of fused-ring (bicyclic) bond motifs is 1. The van der Waals surface area contributed by atoms with E-state index in [0.29, 0.717) is 19.0 Å². The van der Waals surface area contributed by atoms with Crippen LogP contribution in [0.1, 0.15) is 6.42 Å². The zero-order valence-corrected chi connectivity index (χ0v) is 10.7. The molecular formula is C14H15N3O2. The van der Waals surface area contributed by atoms with E-state index in [2.05, 4.69) is 15.3 Å². The highest BCUT2D eigenvalue weighted by Crippen LogP contribution is 2.33. The predicted molar refractivity (Wildman–Crippen MR) is 72.6 cm³/mol. The van der Waals surface area contributed by atoms with Crippen LogP contribution in [0.4, 0.5) is 5.82 Å². The molecule has 1 aromatic carbocycles. The third-order valence-electron chi connectivity index (χ3n) is 2.92. The van der Waals surface area contributed by atoms with Crippen molar-refractivity contribution in [3.05, 3.63) is 30.5 Å². The molecule has 0 spiro atoms. The molecule has 5 nitrogen and oxygen atoms in total. The van der Waals surface area contributed by atoms with Crippen molar-refractivity contribution >= 4 is 5.82 Å². The zero-order chi connectivity index (χ0) is 13.1. The van der Waals surface area contributed by atoms with Crippen LogP contribution < -0.4 is 14.8 Å². The Labute approximate surface area is 111 Å². The number of anilines is 1. The number of nitrogens with one attached hydrogen (secondary N) is 1. The lowest BCUT2D eigenvalue weighted by molar-refractivity contribution is 0.297.